The average molecular weight is 292 g/mol. The molecule has 0 bridgehead atoms. The van der Waals surface area contributed by atoms with Crippen LogP contribution in [0.3, 0.4) is 0 Å². The smallest absolute Gasteiger partial charge is 0.255 e. The minimum Gasteiger partial charge on any atom is -0.380 e. The highest BCUT2D eigenvalue weighted by molar-refractivity contribution is 6.09. The van der Waals surface area contributed by atoms with Crippen molar-refractivity contribution in [2.24, 2.45) is 0 Å². The summed E-state index contributed by atoms with van der Waals surface area (Å²) in [5.41, 5.74) is 2.44. The van der Waals surface area contributed by atoms with Gasteiger partial charge < -0.3 is 10.1 Å². The fourth-order valence-corrected chi connectivity index (χ4v) is 2.35. The Morgan fingerprint density at radius 1 is 1.14 bits per heavy atom. The van der Waals surface area contributed by atoms with Crippen LogP contribution in [0.25, 0.3) is 10.8 Å². The van der Waals surface area contributed by atoms with Crippen molar-refractivity contribution in [2.75, 3.05) is 12.4 Å². The summed E-state index contributed by atoms with van der Waals surface area (Å²) >= 11 is 0. The van der Waals surface area contributed by atoms with Crippen molar-refractivity contribution in [3.05, 3.63) is 72.1 Å². The van der Waals surface area contributed by atoms with Gasteiger partial charge in [0.1, 0.15) is 0 Å². The van der Waals surface area contributed by atoms with Crippen LogP contribution in [0.5, 0.6) is 0 Å². The maximum atomic E-state index is 12.4. The lowest BCUT2D eigenvalue weighted by atomic mass is 10.1. The number of nitrogens with zero attached hydrogens (tertiary/aromatic N) is 1. The van der Waals surface area contributed by atoms with Crippen LogP contribution in [0.2, 0.25) is 0 Å². The normalized spacial score (nSPS) is 10.6. The molecule has 0 radical (unpaired) electrons. The van der Waals surface area contributed by atoms with Crippen LogP contribution in [-0.4, -0.2) is 18.0 Å². The zero-order valence-corrected chi connectivity index (χ0v) is 12.2. The molecule has 3 rings (SSSR count). The number of benzene rings is 2. The number of ether oxygens (including phenoxy) is 1. The van der Waals surface area contributed by atoms with Crippen LogP contribution in [0, 0.1) is 0 Å². The molecular weight excluding hydrogens is 276 g/mol. The Kier molecular flexibility index (Phi) is 4.12. The summed E-state index contributed by atoms with van der Waals surface area (Å²) < 4.78 is 5.07. The van der Waals surface area contributed by atoms with E-state index in [2.05, 4.69) is 10.3 Å². The van der Waals surface area contributed by atoms with Crippen molar-refractivity contribution in [3.8, 4) is 0 Å². The van der Waals surface area contributed by atoms with Gasteiger partial charge in [0.05, 0.1) is 6.61 Å². The molecule has 0 aliphatic heterocycles. The molecule has 1 aromatic heterocycles. The number of anilines is 1. The molecule has 0 fully saturated rings. The van der Waals surface area contributed by atoms with E-state index in [9.17, 15) is 4.79 Å². The summed E-state index contributed by atoms with van der Waals surface area (Å²) in [7, 11) is 1.65. The Morgan fingerprint density at radius 3 is 2.73 bits per heavy atom. The van der Waals surface area contributed by atoms with Crippen molar-refractivity contribution < 1.29 is 9.53 Å². The summed E-state index contributed by atoms with van der Waals surface area (Å²) in [6.45, 7) is 0.540. The van der Waals surface area contributed by atoms with E-state index in [4.69, 9.17) is 4.74 Å². The topological polar surface area (TPSA) is 51.2 Å². The third-order valence-corrected chi connectivity index (χ3v) is 3.46. The standard InChI is InChI=1S/C18H16N2O2/c1-22-12-13-5-7-14(8-6-13)18(21)20-17-4-2-3-15-11-19-10-9-16(15)17/h2-11H,12H2,1H3,(H,20,21). The molecule has 22 heavy (non-hydrogen) atoms. The highest BCUT2D eigenvalue weighted by Gasteiger charge is 2.08. The van der Waals surface area contributed by atoms with E-state index in [0.717, 1.165) is 22.0 Å². The van der Waals surface area contributed by atoms with Crippen molar-refractivity contribution >= 4 is 22.4 Å². The molecule has 0 unspecified atom stereocenters. The maximum Gasteiger partial charge on any atom is 0.255 e. The molecule has 110 valence electrons. The van der Waals surface area contributed by atoms with Gasteiger partial charge in [-0.2, -0.15) is 0 Å². The van der Waals surface area contributed by atoms with E-state index < -0.39 is 0 Å². The number of pyridine rings is 1. The molecule has 0 aliphatic carbocycles. The first kappa shape index (κ1) is 14.2. The molecule has 1 amide bonds. The summed E-state index contributed by atoms with van der Waals surface area (Å²) in [5.74, 6) is -0.131. The monoisotopic (exact) mass is 292 g/mol. The lowest BCUT2D eigenvalue weighted by Gasteiger charge is -2.09. The van der Waals surface area contributed by atoms with Gasteiger partial charge in [0.25, 0.3) is 5.91 Å². The van der Waals surface area contributed by atoms with Gasteiger partial charge in [-0.3, -0.25) is 9.78 Å². The number of hydrogen-bond donors (Lipinski definition) is 1. The lowest BCUT2D eigenvalue weighted by molar-refractivity contribution is 0.102. The first-order valence-corrected chi connectivity index (χ1v) is 7.00. The van der Waals surface area contributed by atoms with Crippen LogP contribution in [0.1, 0.15) is 15.9 Å². The highest BCUT2D eigenvalue weighted by Crippen LogP contribution is 2.22. The molecule has 0 saturated carbocycles. The average Bonchev–Trinajstić information content (AvgIpc) is 2.56. The SMILES string of the molecule is COCc1ccc(C(=O)Nc2cccc3cnccc23)cc1. The number of carbonyl (C=O) groups is 1. The summed E-state index contributed by atoms with van der Waals surface area (Å²) in [6.07, 6.45) is 3.50. The minimum atomic E-state index is -0.131. The van der Waals surface area contributed by atoms with Crippen LogP contribution in [-0.2, 0) is 11.3 Å². The van der Waals surface area contributed by atoms with Gasteiger partial charge >= 0.3 is 0 Å². The van der Waals surface area contributed by atoms with Crippen molar-refractivity contribution in [1.82, 2.24) is 4.98 Å². The fraction of sp³-hybridized carbons (Fsp3) is 0.111. The van der Waals surface area contributed by atoms with E-state index in [1.807, 2.05) is 36.4 Å². The lowest BCUT2D eigenvalue weighted by Crippen LogP contribution is -2.12. The quantitative estimate of drug-likeness (QED) is 0.799. The molecule has 4 heteroatoms. The Hall–Kier alpha value is -2.72. The third kappa shape index (κ3) is 2.97. The van der Waals surface area contributed by atoms with Gasteiger partial charge in [0, 0.05) is 41.5 Å². The van der Waals surface area contributed by atoms with Gasteiger partial charge in [-0.05, 0) is 29.8 Å². The van der Waals surface area contributed by atoms with E-state index in [-0.39, 0.29) is 5.91 Å². The summed E-state index contributed by atoms with van der Waals surface area (Å²) in [5, 5.41) is 4.92. The summed E-state index contributed by atoms with van der Waals surface area (Å²) in [6, 6.07) is 15.1. The summed E-state index contributed by atoms with van der Waals surface area (Å²) in [4.78, 5) is 16.5. The number of rotatable bonds is 4. The molecule has 1 heterocycles. The number of amides is 1. The molecule has 2 aromatic carbocycles. The number of nitrogens with one attached hydrogen (secondary N) is 1. The second-order valence-electron chi connectivity index (χ2n) is 4.99. The zero-order valence-electron chi connectivity index (χ0n) is 12.2. The minimum absolute atomic E-state index is 0.131. The van der Waals surface area contributed by atoms with Crippen LogP contribution in [0.15, 0.2) is 60.9 Å². The van der Waals surface area contributed by atoms with E-state index in [1.54, 1.807) is 31.6 Å². The Bertz CT molecular complexity index is 792. The Labute approximate surface area is 128 Å². The molecule has 0 saturated heterocycles. The first-order chi connectivity index (χ1) is 10.8. The van der Waals surface area contributed by atoms with Crippen molar-refractivity contribution in [1.29, 1.82) is 0 Å². The molecule has 4 nitrogen and oxygen atoms in total. The van der Waals surface area contributed by atoms with Crippen LogP contribution in [0.4, 0.5) is 5.69 Å². The van der Waals surface area contributed by atoms with Crippen molar-refractivity contribution in [3.63, 3.8) is 0 Å². The number of carbonyl (C=O) groups excluding carboxylic acids is 1. The molecular formula is C18H16N2O2. The van der Waals surface area contributed by atoms with Gasteiger partial charge in [-0.15, -0.1) is 0 Å². The van der Waals surface area contributed by atoms with Gasteiger partial charge in [-0.1, -0.05) is 24.3 Å². The predicted octanol–water partition coefficient (Wildman–Crippen LogP) is 3.63. The van der Waals surface area contributed by atoms with Crippen molar-refractivity contribution in [2.45, 2.75) is 6.61 Å². The molecule has 0 aliphatic rings. The third-order valence-electron chi connectivity index (χ3n) is 3.46. The molecule has 0 atom stereocenters. The number of methoxy groups -OCH3 is 1. The maximum absolute atomic E-state index is 12.4. The Morgan fingerprint density at radius 2 is 1.95 bits per heavy atom. The van der Waals surface area contributed by atoms with E-state index in [1.165, 1.54) is 0 Å². The number of aromatic nitrogens is 1. The highest BCUT2D eigenvalue weighted by atomic mass is 16.5. The predicted molar refractivity (Wildman–Crippen MR) is 86.9 cm³/mol. The van der Waals surface area contributed by atoms with E-state index >= 15 is 0 Å². The molecule has 0 spiro atoms. The van der Waals surface area contributed by atoms with Gasteiger partial charge in [-0.25, -0.2) is 0 Å². The first-order valence-electron chi connectivity index (χ1n) is 7.00. The van der Waals surface area contributed by atoms with Gasteiger partial charge in [0.2, 0.25) is 0 Å². The largest absolute Gasteiger partial charge is 0.380 e. The van der Waals surface area contributed by atoms with Gasteiger partial charge in [0.15, 0.2) is 0 Å². The second kappa shape index (κ2) is 6.37. The number of hydrogen-bond acceptors (Lipinski definition) is 3. The fourth-order valence-electron chi connectivity index (χ4n) is 2.35. The number of fused-ring (bicyclic) bond motifs is 1. The molecule has 3 aromatic rings. The Balaban J connectivity index is 1.83. The zero-order chi connectivity index (χ0) is 15.4. The van der Waals surface area contributed by atoms with E-state index in [0.29, 0.717) is 12.2 Å². The van der Waals surface area contributed by atoms with Crippen LogP contribution < -0.4 is 5.32 Å². The molecule has 1 N–H and O–H groups in total. The van der Waals surface area contributed by atoms with Crippen LogP contribution >= 0.6 is 0 Å². The second-order valence-corrected chi connectivity index (χ2v) is 4.99.